The molecule has 1 aromatic heterocycles. The molecule has 0 saturated carbocycles. The number of hydrogen-bond donors (Lipinski definition) is 8. The third kappa shape index (κ3) is 6.62. The number of carbonyl (C=O) groups is 1. The highest BCUT2D eigenvalue weighted by Gasteiger charge is 2.30. The molecule has 1 atom stereocenters. The minimum absolute atomic E-state index is 0.0411. The quantitative estimate of drug-likeness (QED) is 0.0420. The molecule has 40 heavy (non-hydrogen) atoms. The van der Waals surface area contributed by atoms with Gasteiger partial charge in [0.1, 0.15) is 20.8 Å². The van der Waals surface area contributed by atoms with Crippen LogP contribution in [0.5, 0.6) is 0 Å². The average Bonchev–Trinajstić information content (AvgIpc) is 3.33. The highest BCUT2D eigenvalue weighted by Crippen LogP contribution is 2.36. The molecule has 216 valence electrons. The van der Waals surface area contributed by atoms with Gasteiger partial charge in [-0.1, -0.05) is 35.6 Å². The molecule has 15 nitrogen and oxygen atoms in total. The molecule has 1 heterocycles. The highest BCUT2D eigenvalue weighted by molar-refractivity contribution is 7.90. The summed E-state index contributed by atoms with van der Waals surface area (Å²) in [4.78, 5) is 16.3. The second kappa shape index (κ2) is 13.2. The first kappa shape index (κ1) is 31.0. The Kier molecular flexibility index (Phi) is 10.3. The molecule has 1 unspecified atom stereocenters. The van der Waals surface area contributed by atoms with E-state index < -0.39 is 37.9 Å². The van der Waals surface area contributed by atoms with Gasteiger partial charge < -0.3 is 33.2 Å². The number of hydrazone groups is 1. The molecule has 0 saturated heterocycles. The van der Waals surface area contributed by atoms with E-state index in [0.29, 0.717) is 11.1 Å². The molecule has 18 heteroatoms. The first-order valence-electron chi connectivity index (χ1n) is 11.6. The number of amidine groups is 1. The molecule has 0 aliphatic carbocycles. The van der Waals surface area contributed by atoms with Gasteiger partial charge in [0.25, 0.3) is 0 Å². The Hall–Kier alpha value is -3.49. The number of nitrogens with two attached hydrogens (primary N) is 6. The molecule has 0 spiro atoms. The van der Waals surface area contributed by atoms with E-state index in [4.69, 9.17) is 38.8 Å². The topological polar surface area (TPSA) is 283 Å². The fraction of sp³-hybridized carbons (Fsp3) is 0.227. The molecule has 3 rings (SSSR count). The zero-order valence-corrected chi connectivity index (χ0v) is 23.7. The van der Waals surface area contributed by atoms with Crippen LogP contribution in [0.15, 0.2) is 51.3 Å². The van der Waals surface area contributed by atoms with Gasteiger partial charge in [-0.2, -0.15) is 5.10 Å². The number of primary sulfonamides is 1. The van der Waals surface area contributed by atoms with E-state index in [1.165, 1.54) is 12.1 Å². The number of hydrogen-bond acceptors (Lipinski definition) is 13. The van der Waals surface area contributed by atoms with E-state index in [1.807, 2.05) is 0 Å². The van der Waals surface area contributed by atoms with Gasteiger partial charge in [0.15, 0.2) is 11.0 Å². The fourth-order valence-corrected chi connectivity index (χ4v) is 7.00. The normalized spacial score (nSPS) is 12.9. The lowest BCUT2D eigenvalue weighted by Crippen LogP contribution is -2.43. The first-order valence-corrected chi connectivity index (χ1v) is 15.1. The van der Waals surface area contributed by atoms with Crippen LogP contribution in [0.3, 0.4) is 0 Å². The summed E-state index contributed by atoms with van der Waals surface area (Å²) >= 11 is 0.969. The second-order valence-corrected chi connectivity index (χ2v) is 11.8. The lowest BCUT2D eigenvalue weighted by atomic mass is 9.96. The van der Waals surface area contributed by atoms with E-state index in [-0.39, 0.29) is 57.3 Å². The third-order valence-electron chi connectivity index (χ3n) is 5.50. The largest absolute Gasteiger partial charge is 0.462 e. The third-order valence-corrected chi connectivity index (χ3v) is 8.78. The Morgan fingerprint density at radius 1 is 1.20 bits per heavy atom. The van der Waals surface area contributed by atoms with Crippen molar-refractivity contribution in [2.24, 2.45) is 33.4 Å². The minimum Gasteiger partial charge on any atom is -0.462 e. The predicted molar refractivity (Wildman–Crippen MR) is 154 cm³/mol. The molecule has 0 bridgehead atoms. The van der Waals surface area contributed by atoms with Gasteiger partial charge in [0.2, 0.25) is 10.0 Å². The molecule has 0 radical (unpaired) electrons. The van der Waals surface area contributed by atoms with Gasteiger partial charge in [-0.3, -0.25) is 0 Å². The molecule has 0 aliphatic rings. The number of hydrazine groups is 1. The minimum atomic E-state index is -4.55. The molecule has 3 aromatic rings. The number of esters is 1. The van der Waals surface area contributed by atoms with Crippen LogP contribution >= 0.6 is 11.3 Å². The number of sulfonamides is 1. The van der Waals surface area contributed by atoms with Crippen LogP contribution < -0.4 is 44.2 Å². The highest BCUT2D eigenvalue weighted by atomic mass is 32.2. The smallest absolute Gasteiger partial charge is 0.350 e. The molecule has 2 aromatic carbocycles. The monoisotopic (exact) mass is 610 g/mol. The van der Waals surface area contributed by atoms with Crippen molar-refractivity contribution in [3.63, 3.8) is 0 Å². The predicted octanol–water partition coefficient (Wildman–Crippen LogP) is -1.13. The van der Waals surface area contributed by atoms with Gasteiger partial charge in [-0.15, -0.1) is 0 Å². The molecule has 14 N–H and O–H groups in total. The number of nitrogen functional groups attached to an aromatic ring is 1. The van der Waals surface area contributed by atoms with Crippen LogP contribution in [0, 0.1) is 0 Å². The van der Waals surface area contributed by atoms with E-state index in [2.05, 4.69) is 20.2 Å². The van der Waals surface area contributed by atoms with E-state index in [9.17, 15) is 17.4 Å². The molecule has 0 fully saturated rings. The SMILES string of the molecule is CCOC(=O)c1sc(N)nc1-c1cccc(-c2ccc(S(=O)NC(CN)CN)c(S(N)(=O)=O)c2/C(=N/N)NN)c1. The van der Waals surface area contributed by atoms with Crippen LogP contribution in [0.25, 0.3) is 22.4 Å². The van der Waals surface area contributed by atoms with Crippen LogP contribution in [0.4, 0.5) is 5.13 Å². The van der Waals surface area contributed by atoms with Crippen molar-refractivity contribution < 1.29 is 22.2 Å². The van der Waals surface area contributed by atoms with Crippen LogP contribution in [0.1, 0.15) is 22.2 Å². The van der Waals surface area contributed by atoms with Crippen molar-refractivity contribution in [2.45, 2.75) is 22.8 Å². The number of thiazole rings is 1. The number of nitrogens with one attached hydrogen (secondary N) is 2. The Balaban J connectivity index is 2.31. The van der Waals surface area contributed by atoms with Crippen molar-refractivity contribution in [1.29, 1.82) is 0 Å². The number of nitrogens with zero attached hydrogens (tertiary/aromatic N) is 2. The summed E-state index contributed by atoms with van der Waals surface area (Å²) in [5.41, 5.74) is 20.7. The van der Waals surface area contributed by atoms with Crippen molar-refractivity contribution in [3.8, 4) is 22.4 Å². The molecule has 0 aliphatic heterocycles. The standard InChI is InChI=1S/C22H30N10O5S3/c1-2-37-21(33)18-17(29-22(25)38-18)12-5-3-4-11(8-12)14-6-7-15(39(34)32-13(9-23)10-24)19(40(28,35)36)16(14)20(30-26)31-27/h3-8,13,32H,2,9-10,23-24,26-27H2,1H3,(H2,25,29)(H,30,31)(H2,28,35,36). The molecule has 0 amide bonds. The summed E-state index contributed by atoms with van der Waals surface area (Å²) in [6.07, 6.45) is 0. The van der Waals surface area contributed by atoms with Crippen molar-refractivity contribution in [3.05, 3.63) is 46.8 Å². The molecular weight excluding hydrogens is 581 g/mol. The number of aromatic nitrogens is 1. The van der Waals surface area contributed by atoms with Crippen LogP contribution in [-0.2, 0) is 25.7 Å². The second-order valence-electron chi connectivity index (χ2n) is 8.07. The summed E-state index contributed by atoms with van der Waals surface area (Å²) < 4.78 is 46.9. The summed E-state index contributed by atoms with van der Waals surface area (Å²) in [5.74, 6) is 10.3. The van der Waals surface area contributed by atoms with Crippen molar-refractivity contribution >= 4 is 49.3 Å². The summed E-state index contributed by atoms with van der Waals surface area (Å²) in [7, 11) is -6.67. The maximum Gasteiger partial charge on any atom is 0.350 e. The van der Waals surface area contributed by atoms with Gasteiger partial charge >= 0.3 is 5.97 Å². The fourth-order valence-electron chi connectivity index (χ4n) is 3.75. The van der Waals surface area contributed by atoms with Gasteiger partial charge in [0, 0.05) is 30.3 Å². The van der Waals surface area contributed by atoms with E-state index in [1.54, 1.807) is 31.2 Å². The van der Waals surface area contributed by atoms with Gasteiger partial charge in [-0.05, 0) is 30.2 Å². The Labute approximate surface area is 236 Å². The number of carbonyl (C=O) groups excluding carboxylic acids is 1. The molecular formula is C22H30N10O5S3. The van der Waals surface area contributed by atoms with Gasteiger partial charge in [0.05, 0.1) is 17.2 Å². The zero-order chi connectivity index (χ0) is 29.6. The Morgan fingerprint density at radius 2 is 1.88 bits per heavy atom. The average molecular weight is 611 g/mol. The van der Waals surface area contributed by atoms with E-state index in [0.717, 1.165) is 11.3 Å². The lowest BCUT2D eigenvalue weighted by molar-refractivity contribution is 0.0532. The Morgan fingerprint density at radius 3 is 2.45 bits per heavy atom. The van der Waals surface area contributed by atoms with Crippen LogP contribution in [-0.4, -0.2) is 55.2 Å². The van der Waals surface area contributed by atoms with E-state index >= 15 is 0 Å². The number of rotatable bonds is 11. The van der Waals surface area contributed by atoms with Crippen molar-refractivity contribution in [2.75, 3.05) is 25.4 Å². The maximum atomic E-state index is 13.2. The Bertz CT molecular complexity index is 1550. The summed E-state index contributed by atoms with van der Waals surface area (Å²) in [6.45, 7) is 1.91. The van der Waals surface area contributed by atoms with Crippen molar-refractivity contribution in [1.82, 2.24) is 15.1 Å². The van der Waals surface area contributed by atoms with Gasteiger partial charge in [-0.25, -0.2) is 38.1 Å². The lowest BCUT2D eigenvalue weighted by Gasteiger charge is -2.20. The zero-order valence-electron chi connectivity index (χ0n) is 21.3. The summed E-state index contributed by atoms with van der Waals surface area (Å²) in [6, 6.07) is 8.90. The first-order chi connectivity index (χ1) is 19.0. The summed E-state index contributed by atoms with van der Waals surface area (Å²) in [5, 5.41) is 9.35. The number of anilines is 1. The number of ether oxygens (including phenoxy) is 1. The number of benzene rings is 2. The van der Waals surface area contributed by atoms with Crippen LogP contribution in [0.2, 0.25) is 0 Å². The maximum absolute atomic E-state index is 13.2.